The van der Waals surface area contributed by atoms with Gasteiger partial charge >= 0.3 is 0 Å². The van der Waals surface area contributed by atoms with Crippen molar-refractivity contribution in [2.75, 3.05) is 0 Å². The summed E-state index contributed by atoms with van der Waals surface area (Å²) in [7, 11) is 0. The molecule has 0 aliphatic heterocycles. The highest BCUT2D eigenvalue weighted by Crippen LogP contribution is 2.51. The molecular weight excluding hydrogens is 801 g/mol. The van der Waals surface area contributed by atoms with E-state index in [4.69, 9.17) is 15.0 Å². The van der Waals surface area contributed by atoms with Gasteiger partial charge in [0.1, 0.15) is 0 Å². The monoisotopic (exact) mass is 838 g/mol. The summed E-state index contributed by atoms with van der Waals surface area (Å²) in [6.07, 6.45) is 0. The second-order valence-corrected chi connectivity index (χ2v) is 16.6. The molecule has 0 N–H and O–H groups in total. The Labute approximate surface area is 383 Å². The second-order valence-electron chi connectivity index (χ2n) is 16.6. The fraction of sp³-hybridized carbons (Fsp3) is 0. The lowest BCUT2D eigenvalue weighted by molar-refractivity contribution is 1.07. The Morgan fingerprint density at radius 1 is 0.273 bits per heavy atom. The Morgan fingerprint density at radius 2 is 0.712 bits per heavy atom. The number of aromatic nitrogens is 3. The van der Waals surface area contributed by atoms with Crippen LogP contribution in [0.25, 0.3) is 123 Å². The van der Waals surface area contributed by atoms with Gasteiger partial charge in [-0.2, -0.15) is 5.26 Å². The summed E-state index contributed by atoms with van der Waals surface area (Å²) in [6.45, 7) is 0. The molecule has 0 spiro atoms. The van der Waals surface area contributed by atoms with Crippen LogP contribution >= 0.6 is 0 Å². The number of nitrogens with zero attached hydrogens (tertiary/aromatic N) is 4. The highest BCUT2D eigenvalue weighted by Gasteiger charge is 2.24. The zero-order valence-electron chi connectivity index (χ0n) is 35.7. The van der Waals surface area contributed by atoms with Crippen LogP contribution in [0.15, 0.2) is 231 Å². The predicted octanol–water partition coefficient (Wildman–Crippen LogP) is 15.9. The minimum absolute atomic E-state index is 0.565. The standard InChI is InChI=1S/C62H38N4/c63-39-48-35-34-47(50-27-8-10-29-55(50)62-65-60(42-18-5-2-6-19-42)64-61(66-62)54-28-9-7-26-49(54)40-16-3-1-4-17-40)38-57(48)46-25-12-23-44(37-46)43-22-11-24-45(36-43)51-30-15-32-53-52-31-13-20-41-21-14-33-56(58(41)52)59(51)53/h1-38H. The number of nitriles is 1. The summed E-state index contributed by atoms with van der Waals surface area (Å²) in [5.41, 5.74) is 18.8. The van der Waals surface area contributed by atoms with Crippen molar-refractivity contribution in [3.8, 4) is 118 Å². The van der Waals surface area contributed by atoms with Crippen LogP contribution in [0.4, 0.5) is 0 Å². The van der Waals surface area contributed by atoms with Gasteiger partial charge in [-0.1, -0.05) is 206 Å². The maximum Gasteiger partial charge on any atom is 0.164 e. The molecular formula is C62H38N4. The van der Waals surface area contributed by atoms with E-state index in [1.54, 1.807) is 0 Å². The van der Waals surface area contributed by atoms with Crippen molar-refractivity contribution in [1.82, 2.24) is 15.0 Å². The maximum atomic E-state index is 10.5. The third-order valence-electron chi connectivity index (χ3n) is 12.7. The van der Waals surface area contributed by atoms with Crippen LogP contribution in [-0.2, 0) is 0 Å². The largest absolute Gasteiger partial charge is 0.208 e. The van der Waals surface area contributed by atoms with E-state index in [0.29, 0.717) is 23.0 Å². The quantitative estimate of drug-likeness (QED) is 0.153. The molecule has 0 unspecified atom stereocenters. The topological polar surface area (TPSA) is 62.5 Å². The SMILES string of the molecule is N#Cc1ccc(-c2ccccc2-c2nc(-c3ccccc3)nc(-c3ccccc3-c3ccccc3)n2)cc1-c1cccc(-c2cccc(-c3cccc4c3-c3cccc5cccc-4c35)c2)c1. The molecule has 306 valence electrons. The molecule has 0 radical (unpaired) electrons. The highest BCUT2D eigenvalue weighted by atomic mass is 15.0. The molecule has 10 aromatic carbocycles. The normalized spacial score (nSPS) is 11.3. The van der Waals surface area contributed by atoms with E-state index in [-0.39, 0.29) is 0 Å². The maximum absolute atomic E-state index is 10.5. The Bertz CT molecular complexity index is 3710. The van der Waals surface area contributed by atoms with Crippen LogP contribution in [-0.4, -0.2) is 15.0 Å². The van der Waals surface area contributed by atoms with Crippen LogP contribution < -0.4 is 0 Å². The molecule has 66 heavy (non-hydrogen) atoms. The first-order valence-electron chi connectivity index (χ1n) is 22.2. The van der Waals surface area contributed by atoms with Crippen molar-refractivity contribution in [3.63, 3.8) is 0 Å². The van der Waals surface area contributed by atoms with Crippen LogP contribution in [0.2, 0.25) is 0 Å². The molecule has 4 nitrogen and oxygen atoms in total. The van der Waals surface area contributed by atoms with E-state index >= 15 is 0 Å². The van der Waals surface area contributed by atoms with Crippen molar-refractivity contribution in [3.05, 3.63) is 236 Å². The van der Waals surface area contributed by atoms with E-state index in [1.807, 2.05) is 84.9 Å². The number of hydrogen-bond acceptors (Lipinski definition) is 4. The van der Waals surface area contributed by atoms with Crippen LogP contribution in [0.3, 0.4) is 0 Å². The van der Waals surface area contributed by atoms with Crippen molar-refractivity contribution in [1.29, 1.82) is 5.26 Å². The van der Waals surface area contributed by atoms with Gasteiger partial charge in [-0.15, -0.1) is 0 Å². The van der Waals surface area contributed by atoms with Gasteiger partial charge in [0.05, 0.1) is 11.6 Å². The van der Waals surface area contributed by atoms with Crippen LogP contribution in [0.1, 0.15) is 5.56 Å². The van der Waals surface area contributed by atoms with Crippen molar-refractivity contribution in [2.24, 2.45) is 0 Å². The molecule has 1 aliphatic rings. The van der Waals surface area contributed by atoms with Gasteiger partial charge in [-0.25, -0.2) is 15.0 Å². The first kappa shape index (κ1) is 38.6. The zero-order valence-corrected chi connectivity index (χ0v) is 35.7. The lowest BCUT2D eigenvalue weighted by Crippen LogP contribution is -2.02. The Balaban J connectivity index is 0.943. The zero-order chi connectivity index (χ0) is 44.0. The molecule has 11 aromatic rings. The Kier molecular flexibility index (Phi) is 9.51. The molecule has 12 rings (SSSR count). The summed E-state index contributed by atoms with van der Waals surface area (Å²) >= 11 is 0. The third-order valence-corrected chi connectivity index (χ3v) is 12.7. The molecule has 1 aromatic heterocycles. The second kappa shape index (κ2) is 16.3. The molecule has 0 saturated carbocycles. The van der Waals surface area contributed by atoms with Gasteiger partial charge in [0.2, 0.25) is 0 Å². The molecule has 0 bridgehead atoms. The molecule has 4 heteroatoms. The lowest BCUT2D eigenvalue weighted by atomic mass is 9.90. The predicted molar refractivity (Wildman–Crippen MR) is 270 cm³/mol. The third kappa shape index (κ3) is 6.75. The van der Waals surface area contributed by atoms with Gasteiger partial charge in [-0.3, -0.25) is 0 Å². The lowest BCUT2D eigenvalue weighted by Gasteiger charge is -2.15. The summed E-state index contributed by atoms with van der Waals surface area (Å²) < 4.78 is 0. The first-order chi connectivity index (χ1) is 32.7. The molecule has 0 fully saturated rings. The summed E-state index contributed by atoms with van der Waals surface area (Å²) in [5, 5.41) is 13.1. The average Bonchev–Trinajstić information content (AvgIpc) is 3.74. The minimum atomic E-state index is 0.565. The van der Waals surface area contributed by atoms with E-state index < -0.39 is 0 Å². The molecule has 0 amide bonds. The Morgan fingerprint density at radius 3 is 1.36 bits per heavy atom. The van der Waals surface area contributed by atoms with Crippen molar-refractivity contribution < 1.29 is 0 Å². The number of hydrogen-bond donors (Lipinski definition) is 0. The van der Waals surface area contributed by atoms with Crippen LogP contribution in [0.5, 0.6) is 0 Å². The highest BCUT2D eigenvalue weighted by molar-refractivity contribution is 6.18. The number of fused-ring (bicyclic) bond motifs is 3. The number of benzene rings is 10. The van der Waals surface area contributed by atoms with E-state index in [2.05, 4.69) is 152 Å². The van der Waals surface area contributed by atoms with Crippen LogP contribution in [0, 0.1) is 11.3 Å². The number of rotatable bonds is 8. The first-order valence-corrected chi connectivity index (χ1v) is 22.2. The summed E-state index contributed by atoms with van der Waals surface area (Å²) in [5.74, 6) is 1.75. The molecule has 0 atom stereocenters. The average molecular weight is 839 g/mol. The van der Waals surface area contributed by atoms with Gasteiger partial charge in [0.15, 0.2) is 17.5 Å². The summed E-state index contributed by atoms with van der Waals surface area (Å²) in [4.78, 5) is 15.5. The van der Waals surface area contributed by atoms with Crippen molar-refractivity contribution >= 4 is 10.8 Å². The Hall–Kier alpha value is -9.04. The van der Waals surface area contributed by atoms with Crippen molar-refractivity contribution in [2.45, 2.75) is 0 Å². The fourth-order valence-corrected chi connectivity index (χ4v) is 9.67. The fourth-order valence-electron chi connectivity index (χ4n) is 9.67. The van der Waals surface area contributed by atoms with E-state index in [0.717, 1.165) is 66.8 Å². The minimum Gasteiger partial charge on any atom is -0.208 e. The van der Waals surface area contributed by atoms with E-state index in [1.165, 1.54) is 38.6 Å². The van der Waals surface area contributed by atoms with E-state index in [9.17, 15) is 5.26 Å². The summed E-state index contributed by atoms with van der Waals surface area (Å²) in [6, 6.07) is 82.7. The van der Waals surface area contributed by atoms with Gasteiger partial charge in [0, 0.05) is 22.3 Å². The van der Waals surface area contributed by atoms with Gasteiger partial charge in [0.25, 0.3) is 0 Å². The molecule has 1 aliphatic carbocycles. The molecule has 1 heterocycles. The van der Waals surface area contributed by atoms with Gasteiger partial charge in [-0.05, 0) is 107 Å². The smallest absolute Gasteiger partial charge is 0.164 e. The van der Waals surface area contributed by atoms with Gasteiger partial charge < -0.3 is 0 Å². The molecule has 0 saturated heterocycles.